The molecular formula is C15H21N3O2. The molecule has 1 aliphatic rings. The Morgan fingerprint density at radius 3 is 2.15 bits per heavy atom. The molecule has 0 aliphatic carbocycles. The molecule has 1 saturated heterocycles. The minimum atomic E-state index is -0.0996. The second kappa shape index (κ2) is 6.41. The average Bonchev–Trinajstić information content (AvgIpc) is 2.49. The van der Waals surface area contributed by atoms with Gasteiger partial charge in [0.1, 0.15) is 0 Å². The lowest BCUT2D eigenvalue weighted by Gasteiger charge is -2.34. The molecule has 0 aromatic heterocycles. The first kappa shape index (κ1) is 14.4. The van der Waals surface area contributed by atoms with Crippen LogP contribution in [0.15, 0.2) is 24.3 Å². The predicted octanol–water partition coefficient (Wildman–Crippen LogP) is 2.08. The molecule has 1 fully saturated rings. The lowest BCUT2D eigenvalue weighted by molar-refractivity contribution is -0.132. The minimum absolute atomic E-state index is 0.0996. The number of anilines is 1. The molecule has 108 valence electrons. The van der Waals surface area contributed by atoms with E-state index >= 15 is 0 Å². The fraction of sp³-hybridized carbons (Fsp3) is 0.467. The second-order valence-electron chi connectivity index (χ2n) is 5.02. The van der Waals surface area contributed by atoms with Crippen molar-refractivity contribution in [3.63, 3.8) is 0 Å². The molecule has 5 heteroatoms. The van der Waals surface area contributed by atoms with E-state index in [1.165, 1.54) is 0 Å². The van der Waals surface area contributed by atoms with E-state index in [1.54, 1.807) is 4.90 Å². The van der Waals surface area contributed by atoms with Crippen molar-refractivity contribution in [1.29, 1.82) is 0 Å². The number of hydrogen-bond donors (Lipinski definition) is 1. The highest BCUT2D eigenvalue weighted by Crippen LogP contribution is 2.11. The van der Waals surface area contributed by atoms with Crippen LogP contribution in [0, 0.1) is 6.92 Å². The number of amides is 3. The smallest absolute Gasteiger partial charge is 0.321 e. The van der Waals surface area contributed by atoms with Crippen LogP contribution in [-0.2, 0) is 4.79 Å². The third-order valence-corrected chi connectivity index (χ3v) is 3.52. The lowest BCUT2D eigenvalue weighted by atomic mass is 10.2. The van der Waals surface area contributed by atoms with E-state index in [-0.39, 0.29) is 11.9 Å². The van der Waals surface area contributed by atoms with Gasteiger partial charge in [-0.25, -0.2) is 4.79 Å². The summed E-state index contributed by atoms with van der Waals surface area (Å²) in [6.07, 6.45) is 0.523. The van der Waals surface area contributed by atoms with Crippen LogP contribution in [0.3, 0.4) is 0 Å². The zero-order valence-corrected chi connectivity index (χ0v) is 12.1. The number of hydrogen-bond acceptors (Lipinski definition) is 2. The molecule has 20 heavy (non-hydrogen) atoms. The summed E-state index contributed by atoms with van der Waals surface area (Å²) in [7, 11) is 0. The Bertz CT molecular complexity index is 476. The van der Waals surface area contributed by atoms with Gasteiger partial charge < -0.3 is 15.1 Å². The van der Waals surface area contributed by atoms with Gasteiger partial charge in [-0.15, -0.1) is 0 Å². The van der Waals surface area contributed by atoms with Crippen LogP contribution in [0.4, 0.5) is 10.5 Å². The fourth-order valence-corrected chi connectivity index (χ4v) is 2.22. The molecule has 0 bridgehead atoms. The van der Waals surface area contributed by atoms with E-state index in [4.69, 9.17) is 0 Å². The van der Waals surface area contributed by atoms with Gasteiger partial charge in [0, 0.05) is 38.3 Å². The van der Waals surface area contributed by atoms with Gasteiger partial charge in [0.15, 0.2) is 0 Å². The second-order valence-corrected chi connectivity index (χ2v) is 5.02. The van der Waals surface area contributed by atoms with Crippen molar-refractivity contribution in [3.05, 3.63) is 29.8 Å². The number of benzene rings is 1. The van der Waals surface area contributed by atoms with Gasteiger partial charge in [-0.2, -0.15) is 0 Å². The van der Waals surface area contributed by atoms with Gasteiger partial charge in [0.2, 0.25) is 5.91 Å². The number of piperazine rings is 1. The maximum absolute atomic E-state index is 12.1. The molecule has 3 amide bonds. The summed E-state index contributed by atoms with van der Waals surface area (Å²) >= 11 is 0. The normalized spacial score (nSPS) is 15.1. The molecule has 2 rings (SSSR count). The van der Waals surface area contributed by atoms with Crippen LogP contribution in [-0.4, -0.2) is 47.9 Å². The van der Waals surface area contributed by atoms with Crippen LogP contribution in [0.1, 0.15) is 18.9 Å². The molecule has 1 aliphatic heterocycles. The zero-order chi connectivity index (χ0) is 14.5. The predicted molar refractivity (Wildman–Crippen MR) is 78.6 cm³/mol. The third kappa shape index (κ3) is 3.50. The summed E-state index contributed by atoms with van der Waals surface area (Å²) in [5.41, 5.74) is 1.96. The van der Waals surface area contributed by atoms with E-state index in [0.29, 0.717) is 32.6 Å². The molecule has 1 N–H and O–H groups in total. The van der Waals surface area contributed by atoms with Crippen LogP contribution in [0.5, 0.6) is 0 Å². The molecule has 0 saturated carbocycles. The monoisotopic (exact) mass is 275 g/mol. The average molecular weight is 275 g/mol. The summed E-state index contributed by atoms with van der Waals surface area (Å²) < 4.78 is 0. The first-order chi connectivity index (χ1) is 9.60. The van der Waals surface area contributed by atoms with Crippen molar-refractivity contribution in [3.8, 4) is 0 Å². The van der Waals surface area contributed by atoms with Crippen LogP contribution >= 0.6 is 0 Å². The van der Waals surface area contributed by atoms with Gasteiger partial charge in [0.25, 0.3) is 0 Å². The molecule has 0 atom stereocenters. The van der Waals surface area contributed by atoms with Gasteiger partial charge in [0.05, 0.1) is 0 Å². The quantitative estimate of drug-likeness (QED) is 0.898. The maximum atomic E-state index is 12.1. The van der Waals surface area contributed by atoms with Crippen molar-refractivity contribution in [1.82, 2.24) is 9.80 Å². The van der Waals surface area contributed by atoms with Crippen LogP contribution in [0.25, 0.3) is 0 Å². The number of aryl methyl sites for hydroxylation is 1. The van der Waals surface area contributed by atoms with E-state index in [0.717, 1.165) is 11.3 Å². The van der Waals surface area contributed by atoms with Crippen LogP contribution in [0.2, 0.25) is 0 Å². The van der Waals surface area contributed by atoms with E-state index in [1.807, 2.05) is 43.0 Å². The van der Waals surface area contributed by atoms with Gasteiger partial charge in [-0.05, 0) is 19.1 Å². The summed E-state index contributed by atoms with van der Waals surface area (Å²) in [5.74, 6) is 0.156. The Balaban J connectivity index is 1.85. The highest BCUT2D eigenvalue weighted by atomic mass is 16.2. The van der Waals surface area contributed by atoms with Crippen molar-refractivity contribution in [2.45, 2.75) is 20.3 Å². The van der Waals surface area contributed by atoms with Crippen molar-refractivity contribution in [2.75, 3.05) is 31.5 Å². The molecule has 0 radical (unpaired) electrons. The first-order valence-electron chi connectivity index (χ1n) is 7.00. The number of rotatable bonds is 2. The highest BCUT2D eigenvalue weighted by molar-refractivity contribution is 5.89. The number of urea groups is 1. The number of carbonyl (C=O) groups excluding carboxylic acids is 2. The van der Waals surface area contributed by atoms with Crippen molar-refractivity contribution >= 4 is 17.6 Å². The highest BCUT2D eigenvalue weighted by Gasteiger charge is 2.23. The Morgan fingerprint density at radius 1 is 1.05 bits per heavy atom. The zero-order valence-electron chi connectivity index (χ0n) is 12.1. The Morgan fingerprint density at radius 2 is 1.60 bits per heavy atom. The summed E-state index contributed by atoms with van der Waals surface area (Å²) in [5, 5.41) is 2.88. The van der Waals surface area contributed by atoms with Crippen molar-refractivity contribution < 1.29 is 9.59 Å². The van der Waals surface area contributed by atoms with Gasteiger partial charge in [-0.3, -0.25) is 4.79 Å². The lowest BCUT2D eigenvalue weighted by Crippen LogP contribution is -2.51. The van der Waals surface area contributed by atoms with E-state index in [9.17, 15) is 9.59 Å². The fourth-order valence-electron chi connectivity index (χ4n) is 2.22. The Labute approximate surface area is 119 Å². The molecule has 5 nitrogen and oxygen atoms in total. The molecule has 0 unspecified atom stereocenters. The largest absolute Gasteiger partial charge is 0.339 e. The van der Waals surface area contributed by atoms with Gasteiger partial charge in [-0.1, -0.05) is 24.6 Å². The van der Waals surface area contributed by atoms with Crippen molar-refractivity contribution in [2.24, 2.45) is 0 Å². The Kier molecular flexibility index (Phi) is 4.61. The molecule has 0 spiro atoms. The number of nitrogens with one attached hydrogen (secondary N) is 1. The molecule has 1 heterocycles. The van der Waals surface area contributed by atoms with E-state index < -0.39 is 0 Å². The summed E-state index contributed by atoms with van der Waals surface area (Å²) in [4.78, 5) is 27.2. The first-order valence-corrected chi connectivity index (χ1v) is 7.00. The molecule has 1 aromatic carbocycles. The van der Waals surface area contributed by atoms with E-state index in [2.05, 4.69) is 5.32 Å². The summed E-state index contributed by atoms with van der Waals surface area (Å²) in [6, 6.07) is 7.62. The molecular weight excluding hydrogens is 254 g/mol. The topological polar surface area (TPSA) is 52.7 Å². The standard InChI is InChI=1S/C15H21N3O2/c1-3-14(19)17-8-10-18(11-9-17)15(20)16-13-6-4-12(2)5-7-13/h4-7H,3,8-11H2,1-2H3,(H,16,20). The number of carbonyl (C=O) groups is 2. The molecule has 1 aromatic rings. The SMILES string of the molecule is CCC(=O)N1CCN(C(=O)Nc2ccc(C)cc2)CC1. The minimum Gasteiger partial charge on any atom is -0.339 e. The maximum Gasteiger partial charge on any atom is 0.321 e. The van der Waals surface area contributed by atoms with Crippen LogP contribution < -0.4 is 5.32 Å². The third-order valence-electron chi connectivity index (χ3n) is 3.52. The Hall–Kier alpha value is -2.04. The summed E-state index contributed by atoms with van der Waals surface area (Å²) in [6.45, 7) is 6.28. The number of nitrogens with zero attached hydrogens (tertiary/aromatic N) is 2. The van der Waals surface area contributed by atoms with Gasteiger partial charge >= 0.3 is 6.03 Å².